The van der Waals surface area contributed by atoms with E-state index in [9.17, 15) is 9.90 Å². The minimum absolute atomic E-state index is 0.305. The second-order valence-electron chi connectivity index (χ2n) is 6.62. The van der Waals surface area contributed by atoms with Crippen molar-refractivity contribution >= 4 is 29.3 Å². The molecule has 1 aliphatic rings. The highest BCUT2D eigenvalue weighted by Gasteiger charge is 2.26. The van der Waals surface area contributed by atoms with Gasteiger partial charge in [-0.3, -0.25) is 0 Å². The van der Waals surface area contributed by atoms with E-state index in [-0.39, 0.29) is 6.09 Å². The number of nitrogens with one attached hydrogen (secondary N) is 1. The van der Waals surface area contributed by atoms with Gasteiger partial charge in [0.2, 0.25) is 0 Å². The second kappa shape index (κ2) is 8.76. The Morgan fingerprint density at radius 2 is 2.12 bits per heavy atom. The van der Waals surface area contributed by atoms with Crippen molar-refractivity contribution in [1.82, 2.24) is 14.9 Å². The van der Waals surface area contributed by atoms with E-state index in [0.717, 1.165) is 36.4 Å². The van der Waals surface area contributed by atoms with Gasteiger partial charge < -0.3 is 19.7 Å². The largest absolute Gasteiger partial charge is 0.453 e. The molecule has 0 bridgehead atoms. The Balaban J connectivity index is 2.21. The molecule has 7 heteroatoms. The quantitative estimate of drug-likeness (QED) is 0.832. The Labute approximate surface area is 153 Å². The second-order valence-corrected chi connectivity index (χ2v) is 7.64. The number of hydrogen-bond donors (Lipinski definition) is 2. The molecule has 0 aromatic carbocycles. The van der Waals surface area contributed by atoms with Crippen molar-refractivity contribution in [1.29, 1.82) is 0 Å². The van der Waals surface area contributed by atoms with Gasteiger partial charge in [0, 0.05) is 17.5 Å². The number of alkyl carbamates (subject to hydrolysis) is 1. The molecule has 0 saturated heterocycles. The molecule has 0 aliphatic heterocycles. The molecular formula is C18H29N3O3S. The zero-order valence-electron chi connectivity index (χ0n) is 15.5. The fraction of sp³-hybridized carbons (Fsp3) is 0.667. The molecule has 1 heterocycles. The topological polar surface area (TPSA) is 76.4 Å². The zero-order chi connectivity index (χ0) is 18.6. The van der Waals surface area contributed by atoms with Crippen LogP contribution in [0, 0.1) is 5.92 Å². The first-order chi connectivity index (χ1) is 11.9. The van der Waals surface area contributed by atoms with Crippen LogP contribution in [0.4, 0.5) is 4.79 Å². The summed E-state index contributed by atoms with van der Waals surface area (Å²) in [5.74, 6) is 1.16. The number of ether oxygens (including phenoxy) is 1. The van der Waals surface area contributed by atoms with Crippen molar-refractivity contribution in [2.24, 2.45) is 5.92 Å². The van der Waals surface area contributed by atoms with Crippen LogP contribution < -0.4 is 16.0 Å². The number of imidazole rings is 1. The lowest BCUT2D eigenvalue weighted by molar-refractivity contribution is 0.162. The molecule has 0 spiro atoms. The summed E-state index contributed by atoms with van der Waals surface area (Å²) in [6.07, 6.45) is 5.09. The number of amides is 1. The molecule has 140 valence electrons. The molecule has 1 aromatic heterocycles. The van der Waals surface area contributed by atoms with Crippen molar-refractivity contribution in [3.05, 3.63) is 16.5 Å². The van der Waals surface area contributed by atoms with Crippen molar-refractivity contribution in [2.75, 3.05) is 19.9 Å². The summed E-state index contributed by atoms with van der Waals surface area (Å²) in [5.41, 5.74) is 0. The summed E-state index contributed by atoms with van der Waals surface area (Å²) in [7, 11) is 1.38. The van der Waals surface area contributed by atoms with Gasteiger partial charge in [0.1, 0.15) is 11.9 Å². The number of carbonyl (C=O) groups excluding carboxylic acids is 1. The van der Waals surface area contributed by atoms with Gasteiger partial charge >= 0.3 is 6.09 Å². The van der Waals surface area contributed by atoms with Crippen LogP contribution in [0.3, 0.4) is 0 Å². The van der Waals surface area contributed by atoms with Gasteiger partial charge in [0.15, 0.2) is 0 Å². The van der Waals surface area contributed by atoms with Gasteiger partial charge in [0.25, 0.3) is 0 Å². The molecule has 2 N–H and O–H groups in total. The number of hydrogen-bond acceptors (Lipinski definition) is 5. The predicted molar refractivity (Wildman–Crippen MR) is 102 cm³/mol. The summed E-state index contributed by atoms with van der Waals surface area (Å²) < 4.78 is 6.83. The maximum Gasteiger partial charge on any atom is 0.406 e. The molecule has 0 radical (unpaired) electrons. The molecule has 1 saturated carbocycles. The van der Waals surface area contributed by atoms with Crippen molar-refractivity contribution in [3.63, 3.8) is 0 Å². The number of aliphatic hydroxyl groups is 1. The Kier molecular flexibility index (Phi) is 6.95. The highest BCUT2D eigenvalue weighted by Crippen LogP contribution is 2.32. The minimum atomic E-state index is -0.623. The number of aromatic nitrogens is 2. The lowest BCUT2D eigenvalue weighted by Crippen LogP contribution is -2.36. The monoisotopic (exact) mass is 367 g/mol. The molecule has 1 aliphatic carbocycles. The standard InChI is InChI=1S/C18H29N3O3S/c1-11-16(13(3)25-5)21(17(20-11)12(2)22)15-8-6-14(7-9-15)10-19-18(23)24-4/h12,14-15,22H,1,6-10H2,2-5H3,(H,19,23). The average Bonchev–Trinajstić information content (AvgIpc) is 2.97. The summed E-state index contributed by atoms with van der Waals surface area (Å²) in [5, 5.41) is 14.7. The molecule has 1 aromatic rings. The lowest BCUT2D eigenvalue weighted by atomic mass is 9.85. The number of methoxy groups -OCH3 is 1. The van der Waals surface area contributed by atoms with Gasteiger partial charge in [0.05, 0.1) is 17.8 Å². The first kappa shape index (κ1) is 19.8. The van der Waals surface area contributed by atoms with E-state index in [4.69, 9.17) is 0 Å². The Morgan fingerprint density at radius 3 is 2.64 bits per heavy atom. The lowest BCUT2D eigenvalue weighted by Gasteiger charge is -2.31. The van der Waals surface area contributed by atoms with Crippen LogP contribution in [-0.2, 0) is 4.74 Å². The first-order valence-electron chi connectivity index (χ1n) is 8.70. The number of rotatable bonds is 5. The van der Waals surface area contributed by atoms with E-state index in [1.807, 2.05) is 6.26 Å². The third-order valence-corrected chi connectivity index (χ3v) is 5.73. The highest BCUT2D eigenvalue weighted by molar-refractivity contribution is 8.07. The molecule has 1 fully saturated rings. The molecule has 1 amide bonds. The van der Waals surface area contributed by atoms with Crippen LogP contribution in [0.5, 0.6) is 0 Å². The van der Waals surface area contributed by atoms with E-state index in [1.165, 1.54) is 12.0 Å². The molecule has 1 unspecified atom stereocenters. The molecule has 2 rings (SSSR count). The molecule has 6 nitrogen and oxygen atoms in total. The van der Waals surface area contributed by atoms with E-state index in [0.29, 0.717) is 24.3 Å². The highest BCUT2D eigenvalue weighted by atomic mass is 32.2. The smallest absolute Gasteiger partial charge is 0.406 e. The summed E-state index contributed by atoms with van der Waals surface area (Å²) in [6, 6.07) is 0.305. The normalized spacial score (nSPS) is 23.1. The first-order valence-corrected chi connectivity index (χ1v) is 9.93. The number of nitrogens with zero attached hydrogens (tertiary/aromatic N) is 2. The summed E-state index contributed by atoms with van der Waals surface area (Å²) in [4.78, 5) is 16.9. The van der Waals surface area contributed by atoms with E-state index in [2.05, 4.69) is 33.1 Å². The van der Waals surface area contributed by atoms with Gasteiger partial charge in [-0.1, -0.05) is 6.58 Å². The van der Waals surface area contributed by atoms with E-state index >= 15 is 0 Å². The maximum absolute atomic E-state index is 11.2. The predicted octanol–water partition coefficient (Wildman–Crippen LogP) is 1.93. The fourth-order valence-corrected chi connectivity index (χ4v) is 3.95. The SMILES string of the molecule is C=c1nc(C(C)O)n(C2CCC(CNC(=O)OC)CC2)c1=C(C)SC. The van der Waals surface area contributed by atoms with Gasteiger partial charge in [-0.05, 0) is 51.7 Å². The van der Waals surface area contributed by atoms with Crippen LogP contribution in [0.15, 0.2) is 0 Å². The van der Waals surface area contributed by atoms with Crippen molar-refractivity contribution in [3.8, 4) is 0 Å². The number of thioether (sulfide) groups is 1. The molecule has 1 atom stereocenters. The van der Waals surface area contributed by atoms with E-state index in [1.54, 1.807) is 18.7 Å². The third kappa shape index (κ3) is 4.58. The van der Waals surface area contributed by atoms with Crippen LogP contribution >= 0.6 is 11.8 Å². The summed E-state index contributed by atoms with van der Waals surface area (Å²) >= 11 is 1.68. The third-order valence-electron chi connectivity index (χ3n) is 4.93. The Bertz CT molecular complexity index is 706. The fourth-order valence-electron chi connectivity index (χ4n) is 3.54. The molecular weight excluding hydrogens is 338 g/mol. The Hall–Kier alpha value is -1.47. The van der Waals surface area contributed by atoms with Crippen molar-refractivity contribution in [2.45, 2.75) is 51.7 Å². The number of carbonyl (C=O) groups is 1. The maximum atomic E-state index is 11.2. The Morgan fingerprint density at radius 1 is 1.48 bits per heavy atom. The minimum Gasteiger partial charge on any atom is -0.453 e. The van der Waals surface area contributed by atoms with Crippen LogP contribution in [0.25, 0.3) is 11.5 Å². The van der Waals surface area contributed by atoms with E-state index < -0.39 is 6.10 Å². The number of aliphatic hydroxyl groups excluding tert-OH is 1. The molecule has 25 heavy (non-hydrogen) atoms. The van der Waals surface area contributed by atoms with Gasteiger partial charge in [-0.25, -0.2) is 9.78 Å². The van der Waals surface area contributed by atoms with Crippen LogP contribution in [0.2, 0.25) is 0 Å². The van der Waals surface area contributed by atoms with Crippen LogP contribution in [0.1, 0.15) is 57.5 Å². The average molecular weight is 368 g/mol. The van der Waals surface area contributed by atoms with Gasteiger partial charge in [-0.2, -0.15) is 0 Å². The zero-order valence-corrected chi connectivity index (χ0v) is 16.4. The van der Waals surface area contributed by atoms with Gasteiger partial charge in [-0.15, -0.1) is 11.8 Å². The van der Waals surface area contributed by atoms with Crippen molar-refractivity contribution < 1.29 is 14.6 Å². The van der Waals surface area contributed by atoms with Crippen LogP contribution in [-0.4, -0.2) is 40.7 Å². The summed E-state index contributed by atoms with van der Waals surface area (Å²) in [6.45, 7) is 8.56.